The van der Waals surface area contributed by atoms with Crippen LogP contribution < -0.4 is 5.32 Å². The van der Waals surface area contributed by atoms with Crippen LogP contribution in [0.5, 0.6) is 0 Å². The monoisotopic (exact) mass is 305 g/mol. The SMILES string of the molecule is CC(=O)c1sc(Nc2ccc(F)c(C#N)c2)nc1C(=O)O. The van der Waals surface area contributed by atoms with E-state index in [2.05, 4.69) is 10.3 Å². The summed E-state index contributed by atoms with van der Waals surface area (Å²) in [5.74, 6) is -2.37. The predicted octanol–water partition coefficient (Wildman–Crippen LogP) is 2.80. The summed E-state index contributed by atoms with van der Waals surface area (Å²) in [6.45, 7) is 1.25. The maximum atomic E-state index is 13.2. The van der Waals surface area contributed by atoms with Gasteiger partial charge in [-0.15, -0.1) is 0 Å². The molecule has 1 aromatic heterocycles. The number of aromatic nitrogens is 1. The fourth-order valence-electron chi connectivity index (χ4n) is 1.57. The third kappa shape index (κ3) is 3.04. The third-order valence-corrected chi connectivity index (χ3v) is 3.56. The fraction of sp³-hybridized carbons (Fsp3) is 0.0769. The molecule has 0 spiro atoms. The van der Waals surface area contributed by atoms with Gasteiger partial charge in [-0.05, 0) is 18.2 Å². The van der Waals surface area contributed by atoms with Crippen molar-refractivity contribution in [1.82, 2.24) is 4.98 Å². The Kier molecular flexibility index (Phi) is 3.95. The van der Waals surface area contributed by atoms with Crippen LogP contribution in [-0.2, 0) is 0 Å². The van der Waals surface area contributed by atoms with Gasteiger partial charge in [0, 0.05) is 12.6 Å². The van der Waals surface area contributed by atoms with Gasteiger partial charge in [0.1, 0.15) is 16.8 Å². The summed E-state index contributed by atoms with van der Waals surface area (Å²) in [5, 5.41) is 20.7. The molecule has 0 bridgehead atoms. The van der Waals surface area contributed by atoms with E-state index in [1.165, 1.54) is 19.1 Å². The number of carbonyl (C=O) groups excluding carboxylic acids is 1. The van der Waals surface area contributed by atoms with Gasteiger partial charge < -0.3 is 10.4 Å². The number of nitriles is 1. The van der Waals surface area contributed by atoms with Crippen molar-refractivity contribution >= 4 is 33.9 Å². The average molecular weight is 305 g/mol. The van der Waals surface area contributed by atoms with E-state index >= 15 is 0 Å². The number of nitrogens with zero attached hydrogens (tertiary/aromatic N) is 2. The van der Waals surface area contributed by atoms with E-state index in [1.54, 1.807) is 6.07 Å². The number of thiazole rings is 1. The Bertz CT molecular complexity index is 748. The molecule has 0 saturated heterocycles. The number of benzene rings is 1. The molecule has 106 valence electrons. The lowest BCUT2D eigenvalue weighted by Gasteiger charge is -2.02. The number of carboxylic acid groups (broad SMARTS) is 1. The van der Waals surface area contributed by atoms with Gasteiger partial charge in [-0.25, -0.2) is 14.2 Å². The Labute approximate surface area is 122 Å². The molecule has 0 unspecified atom stereocenters. The first-order valence-corrected chi connectivity index (χ1v) is 6.45. The van der Waals surface area contributed by atoms with Crippen LogP contribution >= 0.6 is 11.3 Å². The number of anilines is 2. The lowest BCUT2D eigenvalue weighted by molar-refractivity contribution is 0.0687. The maximum absolute atomic E-state index is 13.2. The minimum Gasteiger partial charge on any atom is -0.476 e. The van der Waals surface area contributed by atoms with Gasteiger partial charge in [-0.2, -0.15) is 5.26 Å². The smallest absolute Gasteiger partial charge is 0.356 e. The predicted molar refractivity (Wildman–Crippen MR) is 73.5 cm³/mol. The van der Waals surface area contributed by atoms with E-state index in [0.29, 0.717) is 5.69 Å². The maximum Gasteiger partial charge on any atom is 0.356 e. The van der Waals surface area contributed by atoms with Crippen molar-refractivity contribution in [3.8, 4) is 6.07 Å². The lowest BCUT2D eigenvalue weighted by Crippen LogP contribution is -2.03. The molecule has 2 rings (SSSR count). The van der Waals surface area contributed by atoms with Gasteiger partial charge in [-0.3, -0.25) is 4.79 Å². The lowest BCUT2D eigenvalue weighted by atomic mass is 10.2. The Hall–Kier alpha value is -2.79. The van der Waals surface area contributed by atoms with E-state index in [4.69, 9.17) is 10.4 Å². The zero-order chi connectivity index (χ0) is 15.6. The normalized spacial score (nSPS) is 9.95. The van der Waals surface area contributed by atoms with E-state index in [1.807, 2.05) is 0 Å². The van der Waals surface area contributed by atoms with Crippen molar-refractivity contribution in [2.75, 3.05) is 5.32 Å². The molecule has 1 aromatic carbocycles. The number of Topliss-reactive ketones (excluding diaryl/α,β-unsaturated/α-hetero) is 1. The molecule has 0 saturated carbocycles. The van der Waals surface area contributed by atoms with Crippen molar-refractivity contribution in [2.24, 2.45) is 0 Å². The summed E-state index contributed by atoms with van der Waals surface area (Å²) in [6.07, 6.45) is 0. The first kappa shape index (κ1) is 14.6. The molecule has 2 N–H and O–H groups in total. The molecule has 0 atom stereocenters. The molecular weight excluding hydrogens is 297 g/mol. The number of nitrogens with one attached hydrogen (secondary N) is 1. The molecule has 8 heteroatoms. The first-order chi connectivity index (χ1) is 9.92. The number of ketones is 1. The van der Waals surface area contributed by atoms with Gasteiger partial charge >= 0.3 is 5.97 Å². The van der Waals surface area contributed by atoms with Crippen LogP contribution in [0.2, 0.25) is 0 Å². The molecule has 0 aliphatic carbocycles. The Morgan fingerprint density at radius 3 is 2.71 bits per heavy atom. The van der Waals surface area contributed by atoms with Crippen LogP contribution in [0.15, 0.2) is 18.2 Å². The van der Waals surface area contributed by atoms with Crippen molar-refractivity contribution in [2.45, 2.75) is 6.92 Å². The molecule has 0 aliphatic heterocycles. The number of carbonyl (C=O) groups is 2. The zero-order valence-corrected chi connectivity index (χ0v) is 11.5. The molecule has 0 fully saturated rings. The van der Waals surface area contributed by atoms with Crippen molar-refractivity contribution < 1.29 is 19.1 Å². The van der Waals surface area contributed by atoms with Gasteiger partial charge in [0.15, 0.2) is 16.6 Å². The minimum atomic E-state index is -1.30. The molecule has 21 heavy (non-hydrogen) atoms. The topological polar surface area (TPSA) is 103 Å². The van der Waals surface area contributed by atoms with Crippen molar-refractivity contribution in [1.29, 1.82) is 5.26 Å². The number of hydrogen-bond donors (Lipinski definition) is 2. The van der Waals surface area contributed by atoms with Crippen molar-refractivity contribution in [3.05, 3.63) is 40.2 Å². The summed E-state index contributed by atoms with van der Waals surface area (Å²) in [4.78, 5) is 26.2. The van der Waals surface area contributed by atoms with Gasteiger partial charge in [0.2, 0.25) is 0 Å². The quantitative estimate of drug-likeness (QED) is 0.842. The molecule has 0 aliphatic rings. The fourth-order valence-corrected chi connectivity index (χ4v) is 2.44. The highest BCUT2D eigenvalue weighted by Gasteiger charge is 2.20. The Balaban J connectivity index is 2.36. The van der Waals surface area contributed by atoms with E-state index in [-0.39, 0.29) is 21.3 Å². The summed E-state index contributed by atoms with van der Waals surface area (Å²) in [5.41, 5.74) is -0.117. The van der Waals surface area contributed by atoms with Gasteiger partial charge in [-0.1, -0.05) is 11.3 Å². The molecule has 2 aromatic rings. The number of hydrogen-bond acceptors (Lipinski definition) is 6. The molecule has 6 nitrogen and oxygen atoms in total. The molecular formula is C13H8FN3O3S. The molecule has 1 heterocycles. The van der Waals surface area contributed by atoms with E-state index in [9.17, 15) is 14.0 Å². The second kappa shape index (κ2) is 5.68. The van der Waals surface area contributed by atoms with Gasteiger partial charge in [0.25, 0.3) is 0 Å². The van der Waals surface area contributed by atoms with Crippen LogP contribution in [-0.4, -0.2) is 21.8 Å². The second-order valence-corrected chi connectivity index (χ2v) is 4.99. The summed E-state index contributed by atoms with van der Waals surface area (Å²) in [6, 6.07) is 5.45. The standard InChI is InChI=1S/C13H8FN3O3S/c1-6(18)11-10(12(19)20)17-13(21-11)16-8-2-3-9(14)7(4-8)5-15/h2-4H,1H3,(H,16,17)(H,19,20). The number of halogens is 1. The highest BCUT2D eigenvalue weighted by molar-refractivity contribution is 7.17. The average Bonchev–Trinajstić information content (AvgIpc) is 2.85. The van der Waals surface area contributed by atoms with Gasteiger partial charge in [0.05, 0.1) is 5.56 Å². The number of carboxylic acids is 1. The molecule has 0 radical (unpaired) electrons. The highest BCUT2D eigenvalue weighted by atomic mass is 32.1. The zero-order valence-electron chi connectivity index (χ0n) is 10.7. The van der Waals surface area contributed by atoms with E-state index in [0.717, 1.165) is 17.4 Å². The summed E-state index contributed by atoms with van der Waals surface area (Å²) < 4.78 is 13.2. The summed E-state index contributed by atoms with van der Waals surface area (Å²) in [7, 11) is 0. The Morgan fingerprint density at radius 1 is 1.48 bits per heavy atom. The Morgan fingerprint density at radius 2 is 2.19 bits per heavy atom. The number of aromatic carboxylic acids is 1. The van der Waals surface area contributed by atoms with Crippen LogP contribution in [0.4, 0.5) is 15.2 Å². The van der Waals surface area contributed by atoms with Crippen molar-refractivity contribution in [3.63, 3.8) is 0 Å². The minimum absolute atomic E-state index is 0.0209. The number of rotatable bonds is 4. The molecule has 0 amide bonds. The van der Waals surface area contributed by atoms with E-state index < -0.39 is 17.6 Å². The van der Waals surface area contributed by atoms with Crippen LogP contribution in [0.1, 0.15) is 32.6 Å². The summed E-state index contributed by atoms with van der Waals surface area (Å²) >= 11 is 0.879. The van der Waals surface area contributed by atoms with Crippen LogP contribution in [0.3, 0.4) is 0 Å². The highest BCUT2D eigenvalue weighted by Crippen LogP contribution is 2.27. The second-order valence-electron chi connectivity index (χ2n) is 3.99. The third-order valence-electron chi connectivity index (χ3n) is 2.49. The van der Waals surface area contributed by atoms with Crippen LogP contribution in [0, 0.1) is 17.1 Å². The van der Waals surface area contributed by atoms with Crippen LogP contribution in [0.25, 0.3) is 0 Å². The first-order valence-electron chi connectivity index (χ1n) is 5.64. The largest absolute Gasteiger partial charge is 0.476 e.